The predicted molar refractivity (Wildman–Crippen MR) is 101 cm³/mol. The monoisotopic (exact) mass is 378 g/mol. The Balaban J connectivity index is 1.38. The normalized spacial score (nSPS) is 23.9. The van der Waals surface area contributed by atoms with Crippen LogP contribution in [-0.4, -0.2) is 69.1 Å². The number of piperidine rings is 1. The zero-order valence-corrected chi connectivity index (χ0v) is 16.1. The number of carbonyl (C=O) groups is 2. The van der Waals surface area contributed by atoms with E-state index in [-0.39, 0.29) is 17.6 Å². The highest BCUT2D eigenvalue weighted by molar-refractivity contribution is 5.91. The number of hydrogen-bond donors (Lipinski definition) is 3. The van der Waals surface area contributed by atoms with Crippen molar-refractivity contribution < 1.29 is 23.8 Å². The lowest BCUT2D eigenvalue weighted by molar-refractivity contribution is -0.900. The summed E-state index contributed by atoms with van der Waals surface area (Å²) >= 11 is 0. The summed E-state index contributed by atoms with van der Waals surface area (Å²) in [7, 11) is 0. The summed E-state index contributed by atoms with van der Waals surface area (Å²) in [5.74, 6) is 0.539. The number of likely N-dealkylation sites (tertiary alicyclic amines) is 1. The first-order valence-corrected chi connectivity index (χ1v) is 10.00. The van der Waals surface area contributed by atoms with Crippen molar-refractivity contribution in [1.82, 2.24) is 4.90 Å². The van der Waals surface area contributed by atoms with Gasteiger partial charge in [0, 0.05) is 5.69 Å². The molecular formula is C20H31FN4O2+2. The third-order valence-corrected chi connectivity index (χ3v) is 5.72. The molecule has 3 N–H and O–H groups in total. The molecule has 2 amide bonds. The van der Waals surface area contributed by atoms with Crippen LogP contribution in [0.1, 0.15) is 19.8 Å². The van der Waals surface area contributed by atoms with Gasteiger partial charge in [-0.1, -0.05) is 13.0 Å². The van der Waals surface area contributed by atoms with Crippen molar-refractivity contribution in [1.29, 1.82) is 0 Å². The van der Waals surface area contributed by atoms with Crippen molar-refractivity contribution in [3.05, 3.63) is 30.1 Å². The van der Waals surface area contributed by atoms with Gasteiger partial charge in [0.15, 0.2) is 13.1 Å². The van der Waals surface area contributed by atoms with E-state index in [9.17, 15) is 14.0 Å². The molecule has 2 saturated heterocycles. The van der Waals surface area contributed by atoms with E-state index >= 15 is 0 Å². The number of hydrogen-bond acceptors (Lipinski definition) is 2. The summed E-state index contributed by atoms with van der Waals surface area (Å²) in [4.78, 5) is 29.2. The Morgan fingerprint density at radius 1 is 1.11 bits per heavy atom. The van der Waals surface area contributed by atoms with Gasteiger partial charge in [0.2, 0.25) is 0 Å². The largest absolute Gasteiger partial charge is 0.327 e. The average Bonchev–Trinajstić information content (AvgIpc) is 2.64. The summed E-state index contributed by atoms with van der Waals surface area (Å²) in [5, 5.41) is 2.74. The van der Waals surface area contributed by atoms with Crippen molar-refractivity contribution in [2.45, 2.75) is 19.8 Å². The van der Waals surface area contributed by atoms with Crippen LogP contribution in [0.5, 0.6) is 0 Å². The van der Waals surface area contributed by atoms with Gasteiger partial charge in [-0.15, -0.1) is 0 Å². The molecule has 27 heavy (non-hydrogen) atoms. The molecule has 6 nitrogen and oxygen atoms in total. The number of nitrogens with zero attached hydrogens (tertiary/aromatic N) is 1. The molecule has 0 unspecified atom stereocenters. The van der Waals surface area contributed by atoms with Crippen molar-refractivity contribution in [3.63, 3.8) is 0 Å². The second-order valence-corrected chi connectivity index (χ2v) is 7.98. The molecule has 3 rings (SSSR count). The lowest BCUT2D eigenvalue weighted by atomic mass is 9.99. The fourth-order valence-electron chi connectivity index (χ4n) is 3.92. The molecule has 0 aliphatic carbocycles. The topological polar surface area (TPSA) is 58.3 Å². The Kier molecular flexibility index (Phi) is 6.79. The van der Waals surface area contributed by atoms with Gasteiger partial charge in [0.05, 0.1) is 39.3 Å². The van der Waals surface area contributed by atoms with Crippen LogP contribution in [0.15, 0.2) is 24.3 Å². The van der Waals surface area contributed by atoms with E-state index in [1.807, 2.05) is 4.90 Å². The van der Waals surface area contributed by atoms with Crippen molar-refractivity contribution in [2.75, 3.05) is 57.7 Å². The molecular weight excluding hydrogens is 347 g/mol. The maximum atomic E-state index is 13.2. The first-order valence-electron chi connectivity index (χ1n) is 10.00. The number of quaternary nitrogens is 2. The van der Waals surface area contributed by atoms with Gasteiger partial charge >= 0.3 is 0 Å². The lowest BCUT2D eigenvalue weighted by Crippen LogP contribution is -3.16. The van der Waals surface area contributed by atoms with Gasteiger partial charge in [-0.25, -0.2) is 4.39 Å². The molecule has 2 heterocycles. The second-order valence-electron chi connectivity index (χ2n) is 7.98. The Morgan fingerprint density at radius 2 is 1.78 bits per heavy atom. The van der Waals surface area contributed by atoms with E-state index in [0.717, 1.165) is 37.0 Å². The van der Waals surface area contributed by atoms with Gasteiger partial charge in [0.1, 0.15) is 5.82 Å². The number of amides is 2. The number of nitrogens with one attached hydrogen (secondary N) is 3. The average molecular weight is 378 g/mol. The van der Waals surface area contributed by atoms with Crippen molar-refractivity contribution >= 4 is 17.5 Å². The Labute approximate surface area is 160 Å². The minimum Gasteiger partial charge on any atom is -0.327 e. The molecule has 148 valence electrons. The summed E-state index contributed by atoms with van der Waals surface area (Å²) < 4.78 is 13.2. The van der Waals surface area contributed by atoms with E-state index in [1.165, 1.54) is 29.9 Å². The fourth-order valence-corrected chi connectivity index (χ4v) is 3.92. The number of benzene rings is 1. The smallest absolute Gasteiger partial charge is 0.279 e. The molecule has 0 spiro atoms. The molecule has 0 radical (unpaired) electrons. The quantitative estimate of drug-likeness (QED) is 0.603. The first-order chi connectivity index (χ1) is 13.0. The molecule has 0 saturated carbocycles. The van der Waals surface area contributed by atoms with Crippen LogP contribution in [0.3, 0.4) is 0 Å². The van der Waals surface area contributed by atoms with E-state index in [0.29, 0.717) is 31.9 Å². The Morgan fingerprint density at radius 3 is 2.44 bits per heavy atom. The highest BCUT2D eigenvalue weighted by Gasteiger charge is 2.28. The number of anilines is 1. The van der Waals surface area contributed by atoms with Gasteiger partial charge in [0.25, 0.3) is 11.8 Å². The molecule has 0 bridgehead atoms. The minimum atomic E-state index is -0.363. The predicted octanol–water partition coefficient (Wildman–Crippen LogP) is -1.19. The molecule has 2 fully saturated rings. The number of carbonyl (C=O) groups excluding carboxylic acids is 2. The third-order valence-electron chi connectivity index (χ3n) is 5.72. The highest BCUT2D eigenvalue weighted by Crippen LogP contribution is 2.08. The maximum absolute atomic E-state index is 13.2. The number of rotatable bonds is 5. The summed E-state index contributed by atoms with van der Waals surface area (Å²) in [6.45, 7) is 8.36. The van der Waals surface area contributed by atoms with Crippen molar-refractivity contribution in [2.24, 2.45) is 5.92 Å². The summed E-state index contributed by atoms with van der Waals surface area (Å²) in [5.41, 5.74) is 0.479. The van der Waals surface area contributed by atoms with Crippen LogP contribution >= 0.6 is 0 Å². The van der Waals surface area contributed by atoms with Crippen LogP contribution in [-0.2, 0) is 9.59 Å². The van der Waals surface area contributed by atoms with E-state index in [4.69, 9.17) is 0 Å². The highest BCUT2D eigenvalue weighted by atomic mass is 19.1. The van der Waals surface area contributed by atoms with E-state index < -0.39 is 0 Å². The maximum Gasteiger partial charge on any atom is 0.279 e. The molecule has 2 aliphatic heterocycles. The molecule has 1 aromatic rings. The first kappa shape index (κ1) is 19.8. The standard InChI is InChI=1S/C20H29FN4O2/c1-16-5-7-23(8-6-16)15-20(27)25-11-9-24(10-12-25)14-19(26)22-18-4-2-3-17(21)13-18/h2-4,13,16H,5-12,14-15H2,1H3,(H,22,26)/p+2. The Bertz CT molecular complexity index is 653. The van der Waals surface area contributed by atoms with E-state index in [2.05, 4.69) is 12.2 Å². The molecule has 0 aromatic heterocycles. The summed E-state index contributed by atoms with van der Waals surface area (Å²) in [6, 6.07) is 5.92. The summed E-state index contributed by atoms with van der Waals surface area (Å²) in [6.07, 6.45) is 2.42. The van der Waals surface area contributed by atoms with Crippen LogP contribution < -0.4 is 15.1 Å². The minimum absolute atomic E-state index is 0.123. The number of piperazine rings is 1. The van der Waals surface area contributed by atoms with Crippen LogP contribution in [0, 0.1) is 11.7 Å². The molecule has 7 heteroatoms. The van der Waals surface area contributed by atoms with Crippen molar-refractivity contribution in [3.8, 4) is 0 Å². The molecule has 1 aromatic carbocycles. The van der Waals surface area contributed by atoms with Crippen LogP contribution in [0.25, 0.3) is 0 Å². The third kappa shape index (κ3) is 6.01. The van der Waals surface area contributed by atoms with Gasteiger partial charge in [-0.3, -0.25) is 9.59 Å². The number of halogens is 1. The zero-order chi connectivity index (χ0) is 19.2. The fraction of sp³-hybridized carbons (Fsp3) is 0.600. The van der Waals surface area contributed by atoms with Crippen LogP contribution in [0.2, 0.25) is 0 Å². The molecule has 2 aliphatic rings. The Hall–Kier alpha value is -1.99. The van der Waals surface area contributed by atoms with E-state index in [1.54, 1.807) is 12.1 Å². The SMILES string of the molecule is CC1CC[NH+](CC(=O)N2CC[NH+](CC(=O)Nc3cccc(F)c3)CC2)CC1. The lowest BCUT2D eigenvalue weighted by Gasteiger charge is -2.33. The second kappa shape index (κ2) is 9.28. The van der Waals surface area contributed by atoms with Gasteiger partial charge < -0.3 is 20.0 Å². The molecule has 0 atom stereocenters. The van der Waals surface area contributed by atoms with Gasteiger partial charge in [-0.05, 0) is 37.0 Å². The van der Waals surface area contributed by atoms with Crippen LogP contribution in [0.4, 0.5) is 10.1 Å². The van der Waals surface area contributed by atoms with Gasteiger partial charge in [-0.2, -0.15) is 0 Å². The zero-order valence-electron chi connectivity index (χ0n) is 16.1.